The molecule has 1 fully saturated rings. The number of rotatable bonds is 14. The van der Waals surface area contributed by atoms with Crippen LogP contribution in [0, 0.1) is 0 Å². The highest BCUT2D eigenvalue weighted by molar-refractivity contribution is 7.89. The molecule has 0 radical (unpaired) electrons. The Hall–Kier alpha value is -1.40. The normalized spacial score (nSPS) is 17.6. The van der Waals surface area contributed by atoms with Gasteiger partial charge in [0.25, 0.3) is 0 Å². The number of unbranched alkanes of at least 4 members (excludes halogenated alkanes) is 9. The van der Waals surface area contributed by atoms with Crippen molar-refractivity contribution in [2.75, 3.05) is 6.54 Å². The van der Waals surface area contributed by atoms with E-state index in [-0.39, 0.29) is 11.4 Å². The van der Waals surface area contributed by atoms with Crippen LogP contribution in [0.5, 0.6) is 0 Å². The minimum Gasteiger partial charge on any atom is -0.480 e. The fourth-order valence-corrected chi connectivity index (χ4v) is 5.71. The second kappa shape index (κ2) is 12.3. The van der Waals surface area contributed by atoms with Gasteiger partial charge in [-0.2, -0.15) is 4.31 Å². The van der Waals surface area contributed by atoms with Crippen molar-refractivity contribution >= 4 is 16.0 Å². The van der Waals surface area contributed by atoms with E-state index in [0.717, 1.165) is 22.7 Å². The van der Waals surface area contributed by atoms with Crippen LogP contribution in [0.2, 0.25) is 0 Å². The Morgan fingerprint density at radius 3 is 2.07 bits per heavy atom. The van der Waals surface area contributed by atoms with E-state index in [1.54, 1.807) is 12.1 Å². The van der Waals surface area contributed by atoms with E-state index in [1.165, 1.54) is 57.8 Å². The molecule has 1 aromatic rings. The number of carbonyl (C=O) groups is 1. The summed E-state index contributed by atoms with van der Waals surface area (Å²) >= 11 is 0. The van der Waals surface area contributed by atoms with Gasteiger partial charge in [0.2, 0.25) is 10.0 Å². The molecule has 0 bridgehead atoms. The minimum absolute atomic E-state index is 0.192. The molecule has 1 aliphatic rings. The maximum atomic E-state index is 12.8. The smallest absolute Gasteiger partial charge is 0.322 e. The summed E-state index contributed by atoms with van der Waals surface area (Å²) in [5, 5.41) is 9.25. The van der Waals surface area contributed by atoms with Gasteiger partial charge in [-0.15, -0.1) is 0 Å². The maximum absolute atomic E-state index is 12.8. The molecule has 0 spiro atoms. The van der Waals surface area contributed by atoms with Crippen molar-refractivity contribution in [1.82, 2.24) is 4.31 Å². The Bertz CT molecular complexity index is 715. The Kier molecular flexibility index (Phi) is 10.2. The Morgan fingerprint density at radius 2 is 1.52 bits per heavy atom. The van der Waals surface area contributed by atoms with Gasteiger partial charge in [-0.3, -0.25) is 4.79 Å². The number of hydrogen-bond acceptors (Lipinski definition) is 3. The summed E-state index contributed by atoms with van der Waals surface area (Å²) in [7, 11) is -3.74. The standard InChI is InChI=1S/C23H37NO4S/c1-2-3-4-5-6-7-8-9-10-11-13-20-15-17-21(18-16-20)29(27,28)24-19-12-14-22(24)23(25)26/h15-18,22H,2-14,19H2,1H3,(H,25,26)/t22-/m0/s1. The van der Waals surface area contributed by atoms with Crippen LogP contribution >= 0.6 is 0 Å². The SMILES string of the molecule is CCCCCCCCCCCCc1ccc(S(=O)(=O)N2CCC[C@H]2C(=O)O)cc1. The lowest BCUT2D eigenvalue weighted by Crippen LogP contribution is -2.40. The van der Waals surface area contributed by atoms with Gasteiger partial charge in [0, 0.05) is 6.54 Å². The second-order valence-corrected chi connectivity index (χ2v) is 10.1. The lowest BCUT2D eigenvalue weighted by Gasteiger charge is -2.21. The van der Waals surface area contributed by atoms with E-state index in [9.17, 15) is 18.3 Å². The van der Waals surface area contributed by atoms with E-state index >= 15 is 0 Å². The van der Waals surface area contributed by atoms with Crippen molar-refractivity contribution in [3.8, 4) is 0 Å². The van der Waals surface area contributed by atoms with Gasteiger partial charge in [0.05, 0.1) is 4.90 Å². The third-order valence-corrected chi connectivity index (χ3v) is 7.76. The van der Waals surface area contributed by atoms with Crippen LogP contribution in [0.4, 0.5) is 0 Å². The van der Waals surface area contributed by atoms with Gasteiger partial charge in [0.1, 0.15) is 6.04 Å². The van der Waals surface area contributed by atoms with Crippen LogP contribution in [0.25, 0.3) is 0 Å². The number of hydrogen-bond donors (Lipinski definition) is 1. The van der Waals surface area contributed by atoms with Crippen molar-refractivity contribution in [2.24, 2.45) is 0 Å². The highest BCUT2D eigenvalue weighted by atomic mass is 32.2. The van der Waals surface area contributed by atoms with E-state index in [1.807, 2.05) is 12.1 Å². The van der Waals surface area contributed by atoms with Gasteiger partial charge < -0.3 is 5.11 Å². The van der Waals surface area contributed by atoms with E-state index in [0.29, 0.717) is 12.8 Å². The molecule has 1 atom stereocenters. The third-order valence-electron chi connectivity index (χ3n) is 5.84. The van der Waals surface area contributed by atoms with Gasteiger partial charge >= 0.3 is 5.97 Å². The average molecular weight is 424 g/mol. The molecular formula is C23H37NO4S. The van der Waals surface area contributed by atoms with Crippen LogP contribution in [-0.4, -0.2) is 36.4 Å². The van der Waals surface area contributed by atoms with E-state index in [4.69, 9.17) is 0 Å². The molecule has 29 heavy (non-hydrogen) atoms. The third kappa shape index (κ3) is 7.41. The van der Waals surface area contributed by atoms with Crippen molar-refractivity contribution in [3.05, 3.63) is 29.8 Å². The number of benzene rings is 1. The molecule has 0 aliphatic carbocycles. The zero-order valence-corrected chi connectivity index (χ0v) is 18.6. The van der Waals surface area contributed by atoms with Crippen LogP contribution in [-0.2, 0) is 21.2 Å². The van der Waals surface area contributed by atoms with Gasteiger partial charge in [-0.25, -0.2) is 8.42 Å². The zero-order valence-electron chi connectivity index (χ0n) is 17.8. The van der Waals surface area contributed by atoms with Gasteiger partial charge in [0.15, 0.2) is 0 Å². The summed E-state index contributed by atoms with van der Waals surface area (Å²) in [4.78, 5) is 11.5. The fraction of sp³-hybridized carbons (Fsp3) is 0.696. The average Bonchev–Trinajstić information content (AvgIpc) is 3.21. The number of nitrogens with zero attached hydrogens (tertiary/aromatic N) is 1. The van der Waals surface area contributed by atoms with Crippen LogP contribution in [0.3, 0.4) is 0 Å². The molecule has 0 saturated carbocycles. The lowest BCUT2D eigenvalue weighted by molar-refractivity contribution is -0.140. The molecule has 1 N–H and O–H groups in total. The van der Waals surface area contributed by atoms with Crippen LogP contribution in [0.1, 0.15) is 89.5 Å². The van der Waals surface area contributed by atoms with Gasteiger partial charge in [-0.1, -0.05) is 76.8 Å². The molecule has 6 heteroatoms. The van der Waals surface area contributed by atoms with Crippen molar-refractivity contribution in [3.63, 3.8) is 0 Å². The van der Waals surface area contributed by atoms with Crippen molar-refractivity contribution in [2.45, 2.75) is 101 Å². The molecule has 1 aliphatic heterocycles. The molecule has 164 valence electrons. The number of aliphatic carboxylic acids is 1. The molecule has 5 nitrogen and oxygen atoms in total. The summed E-state index contributed by atoms with van der Waals surface area (Å²) < 4.78 is 26.7. The number of sulfonamides is 1. The second-order valence-electron chi connectivity index (χ2n) is 8.19. The first-order chi connectivity index (χ1) is 14.0. The predicted octanol–water partition coefficient (Wildman–Crippen LogP) is 5.39. The largest absolute Gasteiger partial charge is 0.480 e. The Morgan fingerprint density at radius 1 is 0.966 bits per heavy atom. The summed E-state index contributed by atoms with van der Waals surface area (Å²) in [6.45, 7) is 2.52. The molecule has 0 aromatic heterocycles. The lowest BCUT2D eigenvalue weighted by atomic mass is 10.0. The van der Waals surface area contributed by atoms with Gasteiger partial charge in [-0.05, 0) is 43.4 Å². The molecule has 2 rings (SSSR count). The number of carboxylic acids is 1. The Balaban J connectivity index is 1.71. The van der Waals surface area contributed by atoms with E-state index < -0.39 is 22.0 Å². The molecule has 0 amide bonds. The maximum Gasteiger partial charge on any atom is 0.322 e. The molecule has 0 unspecified atom stereocenters. The summed E-state index contributed by atoms with van der Waals surface area (Å²) in [6.07, 6.45) is 14.9. The van der Waals surface area contributed by atoms with Crippen LogP contribution < -0.4 is 0 Å². The summed E-state index contributed by atoms with van der Waals surface area (Å²) in [5.41, 5.74) is 1.14. The first kappa shape index (κ1) is 23.9. The quantitative estimate of drug-likeness (QED) is 0.407. The molecule has 1 saturated heterocycles. The molecule has 1 heterocycles. The van der Waals surface area contributed by atoms with Crippen molar-refractivity contribution in [1.29, 1.82) is 0 Å². The van der Waals surface area contributed by atoms with Crippen molar-refractivity contribution < 1.29 is 18.3 Å². The van der Waals surface area contributed by atoms with E-state index in [2.05, 4.69) is 6.92 Å². The summed E-state index contributed by atoms with van der Waals surface area (Å²) in [5.74, 6) is -1.07. The zero-order chi connectivity index (χ0) is 21.1. The highest BCUT2D eigenvalue weighted by Crippen LogP contribution is 2.26. The topological polar surface area (TPSA) is 74.7 Å². The summed E-state index contributed by atoms with van der Waals surface area (Å²) in [6, 6.07) is 6.04. The molecular weight excluding hydrogens is 386 g/mol. The first-order valence-corrected chi connectivity index (χ1v) is 12.7. The molecule has 1 aromatic carbocycles. The number of aryl methyl sites for hydroxylation is 1. The minimum atomic E-state index is -3.74. The number of carboxylic acid groups (broad SMARTS) is 1. The predicted molar refractivity (Wildman–Crippen MR) is 117 cm³/mol. The highest BCUT2D eigenvalue weighted by Gasteiger charge is 2.39. The Labute approximate surface area is 176 Å². The monoisotopic (exact) mass is 423 g/mol. The first-order valence-electron chi connectivity index (χ1n) is 11.3. The van der Waals surface area contributed by atoms with Crippen LogP contribution in [0.15, 0.2) is 29.2 Å². The fourth-order valence-electron chi connectivity index (χ4n) is 4.05.